The van der Waals surface area contributed by atoms with Crippen molar-refractivity contribution in [1.29, 1.82) is 5.41 Å². The van der Waals surface area contributed by atoms with Gasteiger partial charge in [0.15, 0.2) is 5.84 Å². The van der Waals surface area contributed by atoms with Crippen LogP contribution in [0.5, 0.6) is 0 Å². The van der Waals surface area contributed by atoms with Crippen molar-refractivity contribution in [3.63, 3.8) is 0 Å². The molecule has 160 valence electrons. The molecule has 3 heterocycles. The molecule has 2 aliphatic heterocycles. The Bertz CT molecular complexity index is 1250. The van der Waals surface area contributed by atoms with Crippen LogP contribution in [0.2, 0.25) is 10.0 Å². The number of nitrogens with one attached hydrogen (secondary N) is 1. The first kappa shape index (κ1) is 21.7. The average Bonchev–Trinajstić information content (AvgIpc) is 3.22. The zero-order chi connectivity index (χ0) is 22.7. The number of aliphatic imine (C=N–C) groups is 1. The minimum Gasteiger partial charge on any atom is -0.318 e. The van der Waals surface area contributed by atoms with Crippen molar-refractivity contribution >= 4 is 63.0 Å². The molecule has 2 aromatic rings. The van der Waals surface area contributed by atoms with E-state index in [1.165, 1.54) is 6.08 Å². The lowest BCUT2D eigenvalue weighted by Crippen LogP contribution is -2.35. The second-order valence-corrected chi connectivity index (χ2v) is 8.45. The van der Waals surface area contributed by atoms with Gasteiger partial charge in [0.2, 0.25) is 10.2 Å². The van der Waals surface area contributed by atoms with Gasteiger partial charge in [0.25, 0.3) is 5.91 Å². The minimum atomic E-state index is -4.69. The maximum absolute atomic E-state index is 13.0. The van der Waals surface area contributed by atoms with Gasteiger partial charge in [-0.3, -0.25) is 10.2 Å². The van der Waals surface area contributed by atoms with Gasteiger partial charge in [-0.15, -0.1) is 0 Å². The molecule has 0 unspecified atom stereocenters. The first-order chi connectivity index (χ1) is 14.5. The number of aromatic nitrogens is 1. The summed E-state index contributed by atoms with van der Waals surface area (Å²) in [6, 6.07) is 6.92. The Labute approximate surface area is 188 Å². The fourth-order valence-corrected chi connectivity index (χ4v) is 4.27. The Morgan fingerprint density at radius 2 is 1.87 bits per heavy atom. The lowest BCUT2D eigenvalue weighted by molar-refractivity contribution is -0.114. The van der Waals surface area contributed by atoms with E-state index >= 15 is 0 Å². The molecule has 0 aliphatic carbocycles. The molecular weight excluding hydrogens is 474 g/mol. The first-order valence-corrected chi connectivity index (χ1v) is 10.3. The predicted octanol–water partition coefficient (Wildman–Crippen LogP) is 5.58. The van der Waals surface area contributed by atoms with Crippen LogP contribution in [0.1, 0.15) is 17.0 Å². The molecule has 1 N–H and O–H groups in total. The van der Waals surface area contributed by atoms with Gasteiger partial charge < -0.3 is 4.57 Å². The molecule has 0 bridgehead atoms. The Kier molecular flexibility index (Phi) is 5.27. The fraction of sp³-hybridized carbons (Fsp3) is 0.158. The number of hydrazone groups is 1. The summed E-state index contributed by atoms with van der Waals surface area (Å²) in [4.78, 5) is 16.1. The van der Waals surface area contributed by atoms with Crippen molar-refractivity contribution in [3.05, 3.63) is 56.8 Å². The van der Waals surface area contributed by atoms with Crippen molar-refractivity contribution in [1.82, 2.24) is 9.58 Å². The van der Waals surface area contributed by atoms with Gasteiger partial charge in [-0.1, -0.05) is 23.2 Å². The summed E-state index contributed by atoms with van der Waals surface area (Å²) in [5, 5.41) is 11.7. The van der Waals surface area contributed by atoms with E-state index in [9.17, 15) is 18.0 Å². The van der Waals surface area contributed by atoms with Crippen molar-refractivity contribution in [2.45, 2.75) is 20.0 Å². The molecule has 0 spiro atoms. The van der Waals surface area contributed by atoms with E-state index in [0.29, 0.717) is 15.6 Å². The van der Waals surface area contributed by atoms with Crippen LogP contribution in [0.4, 0.5) is 13.2 Å². The average molecular weight is 486 g/mol. The van der Waals surface area contributed by atoms with Crippen molar-refractivity contribution in [2.75, 3.05) is 0 Å². The fourth-order valence-electron chi connectivity index (χ4n) is 3.22. The Balaban J connectivity index is 1.75. The van der Waals surface area contributed by atoms with Crippen LogP contribution in [0, 0.1) is 19.3 Å². The highest BCUT2D eigenvalue weighted by Crippen LogP contribution is 2.36. The number of rotatable bonds is 2. The largest absolute Gasteiger partial charge is 0.441 e. The molecule has 0 saturated carbocycles. The van der Waals surface area contributed by atoms with E-state index in [2.05, 4.69) is 10.1 Å². The van der Waals surface area contributed by atoms with Gasteiger partial charge in [-0.2, -0.15) is 28.3 Å². The van der Waals surface area contributed by atoms with Crippen molar-refractivity contribution < 1.29 is 18.0 Å². The number of fused-ring (bicyclic) bond motifs is 1. The number of benzene rings is 1. The summed E-state index contributed by atoms with van der Waals surface area (Å²) in [6.45, 7) is 3.65. The number of aryl methyl sites for hydroxylation is 1. The molecule has 0 saturated heterocycles. The predicted molar refractivity (Wildman–Crippen MR) is 116 cm³/mol. The molecular formula is C19H12Cl2F3N5OS. The number of alkyl halides is 3. The van der Waals surface area contributed by atoms with Gasteiger partial charge in [0.05, 0.1) is 15.6 Å². The molecule has 1 aromatic heterocycles. The number of thioether (sulfide) groups is 1. The Morgan fingerprint density at radius 3 is 2.52 bits per heavy atom. The Hall–Kier alpha value is -2.56. The summed E-state index contributed by atoms with van der Waals surface area (Å²) in [5.41, 5.74) is 2.73. The van der Waals surface area contributed by atoms with Gasteiger partial charge in [-0.25, -0.2) is 0 Å². The normalized spacial score (nSPS) is 17.9. The minimum absolute atomic E-state index is 0.161. The molecule has 1 amide bonds. The van der Waals surface area contributed by atoms with Gasteiger partial charge in [-0.05, 0) is 61.5 Å². The molecule has 4 rings (SSSR count). The van der Waals surface area contributed by atoms with Gasteiger partial charge in [0.1, 0.15) is 0 Å². The number of halogens is 5. The van der Waals surface area contributed by atoms with E-state index in [1.54, 1.807) is 31.2 Å². The Morgan fingerprint density at radius 1 is 1.16 bits per heavy atom. The molecule has 12 heteroatoms. The standard InChI is InChI=1S/C19H12Cl2F3N5OS/c1-8-5-10(9(2)28(8)11-3-4-13(20)14(21)7-11)6-12-15(25)29-18(26-16(12)30)31-17(27-29)19(22,23)24/h3-7,25H,1-2H3/b12-6+,25-15?. The smallest absolute Gasteiger partial charge is 0.318 e. The topological polar surface area (TPSA) is 73.8 Å². The lowest BCUT2D eigenvalue weighted by atomic mass is 10.1. The van der Waals surface area contributed by atoms with Crippen LogP contribution in [0.3, 0.4) is 0 Å². The summed E-state index contributed by atoms with van der Waals surface area (Å²) < 4.78 is 40.8. The number of amides is 1. The molecule has 0 atom stereocenters. The van der Waals surface area contributed by atoms with Crippen molar-refractivity contribution in [2.24, 2.45) is 10.1 Å². The van der Waals surface area contributed by atoms with E-state index < -0.39 is 23.0 Å². The van der Waals surface area contributed by atoms with Crippen molar-refractivity contribution in [3.8, 4) is 5.69 Å². The molecule has 0 fully saturated rings. The highest BCUT2D eigenvalue weighted by molar-refractivity contribution is 8.27. The monoisotopic (exact) mass is 485 g/mol. The van der Waals surface area contributed by atoms with Crippen LogP contribution in [-0.4, -0.2) is 37.7 Å². The summed E-state index contributed by atoms with van der Waals surface area (Å²) in [6.07, 6.45) is -3.27. The highest BCUT2D eigenvalue weighted by atomic mass is 35.5. The van der Waals surface area contributed by atoms with Crippen LogP contribution in [-0.2, 0) is 4.79 Å². The van der Waals surface area contributed by atoms with Crippen LogP contribution >= 0.6 is 35.0 Å². The van der Waals surface area contributed by atoms with E-state index in [-0.39, 0.29) is 22.5 Å². The lowest BCUT2D eigenvalue weighted by Gasteiger charge is -2.20. The number of carbonyl (C=O) groups excluding carboxylic acids is 1. The molecule has 1 aromatic carbocycles. The summed E-state index contributed by atoms with van der Waals surface area (Å²) >= 11 is 12.3. The van der Waals surface area contributed by atoms with E-state index in [4.69, 9.17) is 28.6 Å². The molecule has 0 radical (unpaired) electrons. The second kappa shape index (κ2) is 7.54. The zero-order valence-corrected chi connectivity index (χ0v) is 18.2. The number of nitrogens with zero attached hydrogens (tertiary/aromatic N) is 4. The maximum Gasteiger partial charge on any atom is 0.441 e. The molecule has 2 aliphatic rings. The summed E-state index contributed by atoms with van der Waals surface area (Å²) in [7, 11) is 0. The van der Waals surface area contributed by atoms with Gasteiger partial charge in [0, 0.05) is 17.1 Å². The molecule has 31 heavy (non-hydrogen) atoms. The third kappa shape index (κ3) is 3.79. The van der Waals surface area contributed by atoms with Crippen LogP contribution in [0.15, 0.2) is 39.9 Å². The van der Waals surface area contributed by atoms with E-state index in [1.807, 2.05) is 11.5 Å². The number of amidine groups is 2. The summed E-state index contributed by atoms with van der Waals surface area (Å²) in [5.74, 6) is -1.28. The maximum atomic E-state index is 13.0. The molecule has 6 nitrogen and oxygen atoms in total. The highest BCUT2D eigenvalue weighted by Gasteiger charge is 2.46. The van der Waals surface area contributed by atoms with Crippen LogP contribution in [0.25, 0.3) is 11.8 Å². The number of carbonyl (C=O) groups is 1. The van der Waals surface area contributed by atoms with Gasteiger partial charge >= 0.3 is 6.18 Å². The first-order valence-electron chi connectivity index (χ1n) is 8.69. The third-order valence-corrected chi connectivity index (χ3v) is 6.32. The third-order valence-electron chi connectivity index (χ3n) is 4.63. The quantitative estimate of drug-likeness (QED) is 0.564. The number of hydrogen-bond donors (Lipinski definition) is 1. The van der Waals surface area contributed by atoms with Crippen LogP contribution < -0.4 is 0 Å². The SMILES string of the molecule is Cc1cc(/C=C2\C(=N)N3N=C(C(F)(F)F)SC3=NC2=O)c(C)n1-c1ccc(Cl)c(Cl)c1. The number of hydrogen-bond acceptors (Lipinski definition) is 4. The zero-order valence-electron chi connectivity index (χ0n) is 15.9. The second-order valence-electron chi connectivity index (χ2n) is 6.68. The van der Waals surface area contributed by atoms with E-state index in [0.717, 1.165) is 22.1 Å².